The second-order valence-electron chi connectivity index (χ2n) is 12.6. The molecule has 0 N–H and O–H groups in total. The topological polar surface area (TPSA) is 63.2 Å². The summed E-state index contributed by atoms with van der Waals surface area (Å²) in [5.41, 5.74) is 0. The van der Waals surface area contributed by atoms with Crippen LogP contribution in [0.5, 0.6) is 0 Å². The first-order valence-corrected chi connectivity index (χ1v) is 27.3. The van der Waals surface area contributed by atoms with Crippen molar-refractivity contribution in [3.8, 4) is 0 Å². The SMILES string of the molecule is CCC[CH2][Sn](/[CH]=C/C[C@@H](/C=C/C=C\C[C@@H](C[C@H](/C=C/C=C/CCC[C@@H](C)OC(=O)/C=C\I)OC)OC)OCOC)([CH2]CCC)[CH2]CCC. The summed E-state index contributed by atoms with van der Waals surface area (Å²) >= 11 is -0.285. The predicted octanol–water partition coefficient (Wildman–Crippen LogP) is 11.4. The van der Waals surface area contributed by atoms with E-state index in [9.17, 15) is 4.79 Å². The van der Waals surface area contributed by atoms with E-state index in [2.05, 4.69) is 73.5 Å². The molecule has 0 bridgehead atoms. The standard InChI is InChI=1S/C28H42IO6.3C4H9.Sn/c1-6-15-25(34-23-31-3)17-13-10-14-19-27(33-5)22-26(32-4)18-12-9-7-8-11-16-24(2)35-28(30)20-21-29;3*1-3-4-2;/h1,6-7,9-10,12-14,17-18,20-21,24-27H,8,11,15-16,19,22-23H2,2-5H3;3*1,3-4H2,2H3;/b6-1?,9-7+,14-10-,17-13+,18-12+,21-20-;;;;/t24-,25+,26+,27+;;;;/m1..../s1. The minimum absolute atomic E-state index is 0.00321. The maximum atomic E-state index is 11.5. The van der Waals surface area contributed by atoms with Gasteiger partial charge < -0.3 is 9.47 Å². The third-order valence-electron chi connectivity index (χ3n) is 8.50. The Kier molecular flexibility index (Phi) is 32.9. The van der Waals surface area contributed by atoms with Crippen LogP contribution in [0.25, 0.3) is 0 Å². The molecule has 6 nitrogen and oxygen atoms in total. The summed E-state index contributed by atoms with van der Waals surface area (Å²) in [6.07, 6.45) is 33.8. The number of rotatable bonds is 31. The van der Waals surface area contributed by atoms with E-state index in [4.69, 9.17) is 23.7 Å². The van der Waals surface area contributed by atoms with Crippen LogP contribution in [0.2, 0.25) is 13.3 Å². The van der Waals surface area contributed by atoms with Gasteiger partial charge in [-0.3, -0.25) is 0 Å². The Balaban J connectivity index is 4.99. The van der Waals surface area contributed by atoms with Gasteiger partial charge in [-0.15, -0.1) is 0 Å². The van der Waals surface area contributed by atoms with E-state index in [-0.39, 0.29) is 30.4 Å². The number of methoxy groups -OCH3 is 3. The van der Waals surface area contributed by atoms with Gasteiger partial charge in [-0.1, -0.05) is 46.9 Å². The fourth-order valence-corrected chi connectivity index (χ4v) is 20.3. The molecule has 0 saturated carbocycles. The summed E-state index contributed by atoms with van der Waals surface area (Å²) in [4.78, 5) is 11.5. The van der Waals surface area contributed by atoms with Crippen LogP contribution in [-0.2, 0) is 28.5 Å². The fourth-order valence-electron chi connectivity index (χ4n) is 5.55. The van der Waals surface area contributed by atoms with E-state index in [1.54, 1.807) is 25.4 Å². The zero-order valence-electron chi connectivity index (χ0n) is 31.4. The summed E-state index contributed by atoms with van der Waals surface area (Å²) in [5, 5.41) is 0. The minimum atomic E-state index is -2.30. The molecule has 0 aliphatic heterocycles. The van der Waals surface area contributed by atoms with Crippen LogP contribution in [0.3, 0.4) is 0 Å². The first-order valence-electron chi connectivity index (χ1n) is 18.3. The van der Waals surface area contributed by atoms with Crippen molar-refractivity contribution < 1.29 is 28.5 Å². The van der Waals surface area contributed by atoms with E-state index >= 15 is 0 Å². The first kappa shape index (κ1) is 47.3. The van der Waals surface area contributed by atoms with Crippen LogP contribution in [0.1, 0.15) is 105 Å². The van der Waals surface area contributed by atoms with Crippen molar-refractivity contribution in [3.05, 3.63) is 68.9 Å². The third kappa shape index (κ3) is 26.1. The van der Waals surface area contributed by atoms with Crippen LogP contribution >= 0.6 is 22.6 Å². The first-order chi connectivity index (χ1) is 23.3. The Bertz CT molecular complexity index is 922. The molecule has 0 aromatic heterocycles. The molecule has 0 spiro atoms. The summed E-state index contributed by atoms with van der Waals surface area (Å²) in [6, 6.07) is 0. The van der Waals surface area contributed by atoms with Gasteiger partial charge in [0, 0.05) is 13.2 Å². The van der Waals surface area contributed by atoms with Gasteiger partial charge in [-0.2, -0.15) is 0 Å². The zero-order valence-corrected chi connectivity index (χ0v) is 36.4. The van der Waals surface area contributed by atoms with Crippen molar-refractivity contribution >= 4 is 46.9 Å². The molecule has 0 aliphatic carbocycles. The second kappa shape index (κ2) is 33.4. The summed E-state index contributed by atoms with van der Waals surface area (Å²) in [6.45, 7) is 9.21. The molecule has 48 heavy (non-hydrogen) atoms. The fraction of sp³-hybridized carbons (Fsp3) is 0.675. The van der Waals surface area contributed by atoms with Gasteiger partial charge in [0.05, 0.1) is 6.10 Å². The Morgan fingerprint density at radius 1 is 0.771 bits per heavy atom. The Labute approximate surface area is 312 Å². The molecule has 0 radical (unpaired) electrons. The molecule has 8 heteroatoms. The normalized spacial score (nSPS) is 15.6. The van der Waals surface area contributed by atoms with E-state index in [1.165, 1.54) is 57.9 Å². The molecule has 0 heterocycles. The Morgan fingerprint density at radius 3 is 1.96 bits per heavy atom. The average Bonchev–Trinajstić information content (AvgIpc) is 3.08. The van der Waals surface area contributed by atoms with Crippen molar-refractivity contribution in [2.24, 2.45) is 0 Å². The molecule has 0 fully saturated rings. The van der Waals surface area contributed by atoms with Gasteiger partial charge in [0.2, 0.25) is 0 Å². The van der Waals surface area contributed by atoms with Crippen molar-refractivity contribution in [1.29, 1.82) is 0 Å². The molecular formula is C40H69IO6Sn. The number of hydrogen-bond donors (Lipinski definition) is 0. The quantitative estimate of drug-likeness (QED) is 0.0131. The van der Waals surface area contributed by atoms with E-state index in [0.717, 1.165) is 38.5 Å². The molecule has 0 unspecified atom stereocenters. The molecule has 0 aromatic carbocycles. The summed E-state index contributed by atoms with van der Waals surface area (Å²) in [5.74, 6) is -0.284. The van der Waals surface area contributed by atoms with Gasteiger partial charge in [0.1, 0.15) is 0 Å². The average molecular weight is 892 g/mol. The summed E-state index contributed by atoms with van der Waals surface area (Å²) < 4.78 is 36.9. The molecule has 0 aromatic rings. The Hall–Kier alpha value is -0.721. The van der Waals surface area contributed by atoms with E-state index in [0.29, 0.717) is 6.79 Å². The van der Waals surface area contributed by atoms with Crippen LogP contribution in [0.15, 0.2) is 68.9 Å². The van der Waals surface area contributed by atoms with Gasteiger partial charge in [0.25, 0.3) is 0 Å². The zero-order chi connectivity index (χ0) is 35.7. The van der Waals surface area contributed by atoms with Crippen molar-refractivity contribution in [3.63, 3.8) is 0 Å². The number of ether oxygens (including phenoxy) is 5. The number of allylic oxidation sites excluding steroid dienone is 5. The molecule has 0 rings (SSSR count). The van der Waals surface area contributed by atoms with E-state index < -0.39 is 18.4 Å². The number of carbonyl (C=O) groups excluding carboxylic acids is 1. The number of carbonyl (C=O) groups is 1. The van der Waals surface area contributed by atoms with Gasteiger partial charge in [-0.05, 0) is 30.3 Å². The Morgan fingerprint density at radius 2 is 1.40 bits per heavy atom. The van der Waals surface area contributed by atoms with Gasteiger partial charge in [-0.25, -0.2) is 4.79 Å². The second-order valence-corrected chi connectivity index (χ2v) is 26.4. The van der Waals surface area contributed by atoms with Crippen LogP contribution in [0, 0.1) is 0 Å². The van der Waals surface area contributed by atoms with Crippen molar-refractivity contribution in [2.45, 2.75) is 142 Å². The van der Waals surface area contributed by atoms with Crippen LogP contribution in [0.4, 0.5) is 0 Å². The molecule has 4 atom stereocenters. The number of unbranched alkanes of at least 4 members (excludes halogenated alkanes) is 4. The van der Waals surface area contributed by atoms with Gasteiger partial charge in [0.15, 0.2) is 0 Å². The number of halogens is 1. The predicted molar refractivity (Wildman–Crippen MR) is 215 cm³/mol. The number of esters is 1. The maximum absolute atomic E-state index is 11.5. The molecule has 0 saturated heterocycles. The number of hydrogen-bond acceptors (Lipinski definition) is 6. The summed E-state index contributed by atoms with van der Waals surface area (Å²) in [7, 11) is 5.17. The van der Waals surface area contributed by atoms with E-state index in [1.807, 2.05) is 35.6 Å². The molecule has 0 amide bonds. The van der Waals surface area contributed by atoms with Crippen LogP contribution in [-0.4, -0.2) is 76.9 Å². The molecular weight excluding hydrogens is 822 g/mol. The van der Waals surface area contributed by atoms with Crippen LogP contribution < -0.4 is 0 Å². The van der Waals surface area contributed by atoms with Gasteiger partial charge >= 0.3 is 204 Å². The third-order valence-corrected chi connectivity index (χ3v) is 23.1. The monoisotopic (exact) mass is 892 g/mol. The molecule has 276 valence electrons. The molecule has 0 aliphatic rings. The van der Waals surface area contributed by atoms with Crippen molar-refractivity contribution in [2.75, 3.05) is 28.1 Å². The van der Waals surface area contributed by atoms with Crippen molar-refractivity contribution in [1.82, 2.24) is 0 Å².